The fraction of sp³-hybridized carbons (Fsp3) is 0.636. The fourth-order valence-electron chi connectivity index (χ4n) is 1.63. The minimum absolute atomic E-state index is 0.0406. The number of nitro groups is 1. The lowest BCUT2D eigenvalue weighted by molar-refractivity contribution is -0.383. The highest BCUT2D eigenvalue weighted by Gasteiger charge is 2.26. The molecule has 7 nitrogen and oxygen atoms in total. The fourth-order valence-corrected chi connectivity index (χ4v) is 1.63. The summed E-state index contributed by atoms with van der Waals surface area (Å²) < 4.78 is 0. The van der Waals surface area contributed by atoms with Crippen molar-refractivity contribution in [3.05, 3.63) is 16.4 Å². The molecule has 0 saturated heterocycles. The van der Waals surface area contributed by atoms with Crippen LogP contribution in [0.3, 0.4) is 0 Å². The first kappa shape index (κ1) is 14.1. The molecule has 0 aromatic carbocycles. The topological polar surface area (TPSA) is 75.4 Å². The van der Waals surface area contributed by atoms with E-state index in [0.29, 0.717) is 11.6 Å². The number of hydrogen-bond donors (Lipinski definition) is 0. The van der Waals surface area contributed by atoms with Crippen LogP contribution in [0.25, 0.3) is 0 Å². The van der Waals surface area contributed by atoms with Crippen molar-refractivity contribution in [1.82, 2.24) is 9.97 Å². The monoisotopic (exact) mass is 253 g/mol. The Kier molecular flexibility index (Phi) is 4.82. The molecule has 1 aromatic heterocycles. The lowest BCUT2D eigenvalue weighted by Crippen LogP contribution is -2.23. The molecule has 7 heteroatoms. The van der Waals surface area contributed by atoms with E-state index >= 15 is 0 Å². The van der Waals surface area contributed by atoms with Gasteiger partial charge in [0.05, 0.1) is 4.92 Å². The van der Waals surface area contributed by atoms with Crippen molar-refractivity contribution < 1.29 is 4.92 Å². The van der Waals surface area contributed by atoms with E-state index in [9.17, 15) is 10.1 Å². The summed E-state index contributed by atoms with van der Waals surface area (Å²) >= 11 is 0. The number of aromatic nitrogens is 2. The van der Waals surface area contributed by atoms with Crippen LogP contribution in [-0.2, 0) is 0 Å². The highest BCUT2D eigenvalue weighted by atomic mass is 16.6. The molecule has 0 saturated carbocycles. The molecule has 100 valence electrons. The molecule has 1 rings (SSSR count). The first-order valence-corrected chi connectivity index (χ1v) is 5.86. The quantitative estimate of drug-likeness (QED) is 0.567. The second-order valence-electron chi connectivity index (χ2n) is 4.30. The molecule has 0 aliphatic carbocycles. The molecule has 0 spiro atoms. The van der Waals surface area contributed by atoms with Crippen LogP contribution in [0.15, 0.2) is 6.33 Å². The summed E-state index contributed by atoms with van der Waals surface area (Å²) in [5.74, 6) is 0.695. The largest absolute Gasteiger partial charge is 0.357 e. The third-order valence-electron chi connectivity index (χ3n) is 2.60. The van der Waals surface area contributed by atoms with Crippen molar-refractivity contribution in [2.75, 3.05) is 37.5 Å². The average Bonchev–Trinajstić information content (AvgIpc) is 2.34. The smallest absolute Gasteiger partial charge is 0.353 e. The number of anilines is 2. The molecule has 1 heterocycles. The third-order valence-corrected chi connectivity index (χ3v) is 2.60. The molecule has 0 fully saturated rings. The van der Waals surface area contributed by atoms with E-state index in [1.54, 1.807) is 23.9 Å². The van der Waals surface area contributed by atoms with Gasteiger partial charge in [-0.2, -0.15) is 0 Å². The second kappa shape index (κ2) is 6.13. The van der Waals surface area contributed by atoms with Crippen LogP contribution in [0.4, 0.5) is 17.3 Å². The van der Waals surface area contributed by atoms with Gasteiger partial charge in [0.1, 0.15) is 6.33 Å². The van der Waals surface area contributed by atoms with Gasteiger partial charge in [-0.3, -0.25) is 10.1 Å². The molecule has 0 amide bonds. The maximum atomic E-state index is 11.2. The van der Waals surface area contributed by atoms with Crippen LogP contribution < -0.4 is 9.80 Å². The zero-order valence-electron chi connectivity index (χ0n) is 11.3. The molecule has 0 unspecified atom stereocenters. The van der Waals surface area contributed by atoms with E-state index in [2.05, 4.69) is 16.9 Å². The zero-order chi connectivity index (χ0) is 13.7. The lowest BCUT2D eigenvalue weighted by atomic mass is 10.3. The predicted molar refractivity (Wildman–Crippen MR) is 71.2 cm³/mol. The number of unbranched alkanes of at least 4 members (excludes halogenated alkanes) is 1. The Labute approximate surface area is 107 Å². The van der Waals surface area contributed by atoms with Crippen molar-refractivity contribution in [3.63, 3.8) is 0 Å². The van der Waals surface area contributed by atoms with E-state index in [0.717, 1.165) is 19.4 Å². The van der Waals surface area contributed by atoms with Crippen LogP contribution in [0.1, 0.15) is 19.8 Å². The second-order valence-corrected chi connectivity index (χ2v) is 4.30. The van der Waals surface area contributed by atoms with E-state index in [4.69, 9.17) is 0 Å². The van der Waals surface area contributed by atoms with Gasteiger partial charge in [0.2, 0.25) is 11.6 Å². The Balaban J connectivity index is 3.18. The Bertz CT molecular complexity index is 422. The van der Waals surface area contributed by atoms with Gasteiger partial charge in [-0.1, -0.05) is 13.3 Å². The van der Waals surface area contributed by atoms with Crippen LogP contribution in [-0.4, -0.2) is 42.6 Å². The molecular formula is C11H19N5O2. The Morgan fingerprint density at radius 1 is 1.28 bits per heavy atom. The van der Waals surface area contributed by atoms with Gasteiger partial charge in [-0.05, 0) is 6.42 Å². The van der Waals surface area contributed by atoms with Crippen molar-refractivity contribution >= 4 is 17.3 Å². The number of nitrogens with zero attached hydrogens (tertiary/aromatic N) is 5. The molecule has 0 aliphatic heterocycles. The van der Waals surface area contributed by atoms with E-state index in [1.807, 2.05) is 7.05 Å². The molecule has 0 radical (unpaired) electrons. The summed E-state index contributed by atoms with van der Waals surface area (Å²) in [5.41, 5.74) is -0.0406. The van der Waals surface area contributed by atoms with Gasteiger partial charge >= 0.3 is 5.69 Å². The van der Waals surface area contributed by atoms with Gasteiger partial charge in [-0.25, -0.2) is 9.97 Å². The highest BCUT2D eigenvalue weighted by molar-refractivity contribution is 5.70. The summed E-state index contributed by atoms with van der Waals surface area (Å²) in [6, 6.07) is 0. The first-order valence-electron chi connectivity index (χ1n) is 5.86. The van der Waals surface area contributed by atoms with E-state index in [1.165, 1.54) is 6.33 Å². The Morgan fingerprint density at radius 2 is 1.89 bits per heavy atom. The molecule has 0 bridgehead atoms. The molecular weight excluding hydrogens is 234 g/mol. The molecule has 0 N–H and O–H groups in total. The van der Waals surface area contributed by atoms with Gasteiger partial charge < -0.3 is 9.80 Å². The average molecular weight is 253 g/mol. The van der Waals surface area contributed by atoms with Gasteiger partial charge in [0, 0.05) is 27.7 Å². The summed E-state index contributed by atoms with van der Waals surface area (Å²) in [6.07, 6.45) is 3.36. The van der Waals surface area contributed by atoms with Crippen LogP contribution >= 0.6 is 0 Å². The summed E-state index contributed by atoms with van der Waals surface area (Å²) in [5, 5.41) is 11.2. The third kappa shape index (κ3) is 3.06. The molecule has 18 heavy (non-hydrogen) atoms. The van der Waals surface area contributed by atoms with Crippen LogP contribution in [0.2, 0.25) is 0 Å². The maximum Gasteiger partial charge on any atom is 0.353 e. The van der Waals surface area contributed by atoms with E-state index < -0.39 is 4.92 Å². The van der Waals surface area contributed by atoms with Crippen molar-refractivity contribution in [1.29, 1.82) is 0 Å². The maximum absolute atomic E-state index is 11.2. The zero-order valence-corrected chi connectivity index (χ0v) is 11.3. The summed E-state index contributed by atoms with van der Waals surface area (Å²) in [6.45, 7) is 2.81. The first-order chi connectivity index (χ1) is 8.49. The number of rotatable bonds is 6. The van der Waals surface area contributed by atoms with Gasteiger partial charge in [0.15, 0.2) is 0 Å². The normalized spacial score (nSPS) is 10.2. The minimum atomic E-state index is -0.423. The van der Waals surface area contributed by atoms with Crippen molar-refractivity contribution in [2.24, 2.45) is 0 Å². The Morgan fingerprint density at radius 3 is 2.39 bits per heavy atom. The van der Waals surface area contributed by atoms with Crippen LogP contribution in [0, 0.1) is 10.1 Å². The minimum Gasteiger partial charge on any atom is -0.357 e. The predicted octanol–water partition coefficient (Wildman–Crippen LogP) is 1.69. The summed E-state index contributed by atoms with van der Waals surface area (Å²) in [4.78, 5) is 22.2. The standard InChI is InChI=1S/C11H19N5O2/c1-5-6-7-15(4)11-9(16(17)18)10(14(2)3)12-8-13-11/h8H,5-7H2,1-4H3. The van der Waals surface area contributed by atoms with Crippen molar-refractivity contribution in [3.8, 4) is 0 Å². The highest BCUT2D eigenvalue weighted by Crippen LogP contribution is 2.32. The van der Waals surface area contributed by atoms with Gasteiger partial charge in [0.25, 0.3) is 0 Å². The van der Waals surface area contributed by atoms with Crippen LogP contribution in [0.5, 0.6) is 0 Å². The van der Waals surface area contributed by atoms with E-state index in [-0.39, 0.29) is 5.69 Å². The summed E-state index contributed by atoms with van der Waals surface area (Å²) in [7, 11) is 5.26. The Hall–Kier alpha value is -1.92. The SMILES string of the molecule is CCCCN(C)c1ncnc(N(C)C)c1[N+](=O)[O-]. The number of hydrogen-bond acceptors (Lipinski definition) is 6. The molecule has 1 aromatic rings. The van der Waals surface area contributed by atoms with Crippen molar-refractivity contribution in [2.45, 2.75) is 19.8 Å². The lowest BCUT2D eigenvalue weighted by Gasteiger charge is -2.19. The molecule has 0 atom stereocenters. The molecule has 0 aliphatic rings. The van der Waals surface area contributed by atoms with Gasteiger partial charge in [-0.15, -0.1) is 0 Å².